The highest BCUT2D eigenvalue weighted by molar-refractivity contribution is 5.94. The quantitative estimate of drug-likeness (QED) is 0.835. The predicted molar refractivity (Wildman–Crippen MR) is 72.1 cm³/mol. The van der Waals surface area contributed by atoms with Gasteiger partial charge in [0.05, 0.1) is 18.8 Å². The number of carbonyl (C=O) groups is 1. The molecule has 1 aromatic heterocycles. The fourth-order valence-corrected chi connectivity index (χ4v) is 2.60. The molecule has 2 aliphatic heterocycles. The van der Waals surface area contributed by atoms with E-state index in [-0.39, 0.29) is 5.91 Å². The maximum atomic E-state index is 12.4. The third-order valence-corrected chi connectivity index (χ3v) is 3.65. The van der Waals surface area contributed by atoms with Crippen molar-refractivity contribution in [2.75, 3.05) is 31.6 Å². The van der Waals surface area contributed by atoms with Crippen LogP contribution in [0.15, 0.2) is 12.3 Å². The van der Waals surface area contributed by atoms with Gasteiger partial charge in [0.2, 0.25) is 0 Å². The summed E-state index contributed by atoms with van der Waals surface area (Å²) in [5.74, 6) is 0.937. The Morgan fingerprint density at radius 2 is 2.16 bits per heavy atom. The Morgan fingerprint density at radius 1 is 1.32 bits per heavy atom. The first-order valence-corrected chi connectivity index (χ1v) is 6.94. The number of nitrogens with one attached hydrogen (secondary N) is 1. The zero-order valence-electron chi connectivity index (χ0n) is 11.0. The zero-order valence-corrected chi connectivity index (χ0v) is 11.0. The molecule has 1 saturated heterocycles. The molecule has 102 valence electrons. The number of rotatable bonds is 1. The van der Waals surface area contributed by atoms with Gasteiger partial charge in [-0.2, -0.15) is 0 Å². The largest absolute Gasteiger partial charge is 0.375 e. The molecular weight excluding hydrogens is 242 g/mol. The average molecular weight is 261 g/mol. The lowest BCUT2D eigenvalue weighted by Crippen LogP contribution is -2.35. The third-order valence-electron chi connectivity index (χ3n) is 3.65. The van der Waals surface area contributed by atoms with E-state index in [1.165, 1.54) is 6.42 Å². The highest BCUT2D eigenvalue weighted by Gasteiger charge is 2.20. The van der Waals surface area contributed by atoms with E-state index in [0.717, 1.165) is 43.9 Å². The molecule has 0 bridgehead atoms. The highest BCUT2D eigenvalue weighted by Crippen LogP contribution is 2.19. The number of hydrogen-bond donors (Lipinski definition) is 1. The van der Waals surface area contributed by atoms with E-state index in [1.54, 1.807) is 6.20 Å². The Morgan fingerprint density at radius 3 is 3.00 bits per heavy atom. The Hall–Kier alpha value is -1.62. The van der Waals surface area contributed by atoms with Crippen molar-refractivity contribution < 1.29 is 9.53 Å². The molecule has 19 heavy (non-hydrogen) atoms. The van der Waals surface area contributed by atoms with Gasteiger partial charge >= 0.3 is 0 Å². The van der Waals surface area contributed by atoms with E-state index in [2.05, 4.69) is 10.3 Å². The lowest BCUT2D eigenvalue weighted by Gasteiger charge is -2.26. The number of carbonyl (C=O) groups excluding carboxylic acids is 1. The normalized spacial score (nSPS) is 19.3. The van der Waals surface area contributed by atoms with Gasteiger partial charge in [0.15, 0.2) is 0 Å². The number of anilines is 1. The van der Waals surface area contributed by atoms with E-state index in [4.69, 9.17) is 4.74 Å². The van der Waals surface area contributed by atoms with E-state index in [9.17, 15) is 4.79 Å². The molecule has 0 aliphatic carbocycles. The summed E-state index contributed by atoms with van der Waals surface area (Å²) in [7, 11) is 0. The van der Waals surface area contributed by atoms with Gasteiger partial charge in [0.1, 0.15) is 5.82 Å². The smallest absolute Gasteiger partial charge is 0.255 e. The van der Waals surface area contributed by atoms with Gasteiger partial charge < -0.3 is 15.0 Å². The SMILES string of the molecule is O=C(c1cnc2c(c1)COCCN2)N1CCCCC1. The first-order valence-electron chi connectivity index (χ1n) is 6.94. The van der Waals surface area contributed by atoms with Crippen molar-refractivity contribution in [3.05, 3.63) is 23.4 Å². The second kappa shape index (κ2) is 5.57. The molecular formula is C14H19N3O2. The molecule has 2 aliphatic rings. The van der Waals surface area contributed by atoms with Crippen molar-refractivity contribution in [1.82, 2.24) is 9.88 Å². The van der Waals surface area contributed by atoms with E-state index < -0.39 is 0 Å². The topological polar surface area (TPSA) is 54.5 Å². The molecule has 1 amide bonds. The molecule has 3 rings (SSSR count). The van der Waals surface area contributed by atoms with Gasteiger partial charge in [0.25, 0.3) is 5.91 Å². The minimum atomic E-state index is 0.0965. The number of likely N-dealkylation sites (tertiary alicyclic amines) is 1. The van der Waals surface area contributed by atoms with Crippen LogP contribution in [0.25, 0.3) is 0 Å². The monoisotopic (exact) mass is 261 g/mol. The summed E-state index contributed by atoms with van der Waals surface area (Å²) in [6, 6.07) is 1.91. The molecule has 0 saturated carbocycles. The second-order valence-electron chi connectivity index (χ2n) is 5.06. The summed E-state index contributed by atoms with van der Waals surface area (Å²) in [4.78, 5) is 18.7. The van der Waals surface area contributed by atoms with E-state index in [0.29, 0.717) is 18.8 Å². The summed E-state index contributed by atoms with van der Waals surface area (Å²) in [5.41, 5.74) is 1.65. The summed E-state index contributed by atoms with van der Waals surface area (Å²) in [5, 5.41) is 3.21. The molecule has 1 aromatic rings. The Kier molecular flexibility index (Phi) is 3.64. The number of aromatic nitrogens is 1. The van der Waals surface area contributed by atoms with Gasteiger partial charge in [-0.05, 0) is 25.3 Å². The number of nitrogens with zero attached hydrogens (tertiary/aromatic N) is 2. The van der Waals surface area contributed by atoms with Crippen LogP contribution in [0, 0.1) is 0 Å². The minimum Gasteiger partial charge on any atom is -0.375 e. The second-order valence-corrected chi connectivity index (χ2v) is 5.06. The zero-order chi connectivity index (χ0) is 13.1. The molecule has 3 heterocycles. The van der Waals surface area contributed by atoms with Crippen LogP contribution in [0.1, 0.15) is 35.2 Å². The Labute approximate surface area is 113 Å². The molecule has 5 heteroatoms. The fraction of sp³-hybridized carbons (Fsp3) is 0.571. The van der Waals surface area contributed by atoms with Crippen LogP contribution in [0.2, 0.25) is 0 Å². The van der Waals surface area contributed by atoms with E-state index >= 15 is 0 Å². The number of fused-ring (bicyclic) bond motifs is 1. The number of piperidine rings is 1. The van der Waals surface area contributed by atoms with Gasteiger partial charge in [-0.15, -0.1) is 0 Å². The standard InChI is InChI=1S/C14H19N3O2/c18-14(17-5-2-1-3-6-17)11-8-12-10-19-7-4-15-13(12)16-9-11/h8-9H,1-7,10H2,(H,15,16). The van der Waals surface area contributed by atoms with Crippen molar-refractivity contribution in [1.29, 1.82) is 0 Å². The van der Waals surface area contributed by atoms with Crippen molar-refractivity contribution >= 4 is 11.7 Å². The van der Waals surface area contributed by atoms with Crippen LogP contribution < -0.4 is 5.32 Å². The minimum absolute atomic E-state index is 0.0965. The molecule has 1 N–H and O–H groups in total. The van der Waals surface area contributed by atoms with Crippen LogP contribution in [0.5, 0.6) is 0 Å². The van der Waals surface area contributed by atoms with Gasteiger partial charge in [-0.1, -0.05) is 0 Å². The van der Waals surface area contributed by atoms with Gasteiger partial charge in [-0.3, -0.25) is 4.79 Å². The Balaban J connectivity index is 1.80. The molecule has 0 atom stereocenters. The number of hydrogen-bond acceptors (Lipinski definition) is 4. The van der Waals surface area contributed by atoms with Crippen LogP contribution in [0.3, 0.4) is 0 Å². The molecule has 5 nitrogen and oxygen atoms in total. The summed E-state index contributed by atoms with van der Waals surface area (Å²) in [6.07, 6.45) is 5.11. The van der Waals surface area contributed by atoms with Crippen molar-refractivity contribution in [2.45, 2.75) is 25.9 Å². The molecule has 0 spiro atoms. The van der Waals surface area contributed by atoms with Gasteiger partial charge in [-0.25, -0.2) is 4.98 Å². The lowest BCUT2D eigenvalue weighted by atomic mass is 10.1. The number of pyridine rings is 1. The average Bonchev–Trinajstić information content (AvgIpc) is 2.72. The summed E-state index contributed by atoms with van der Waals surface area (Å²) in [6.45, 7) is 3.69. The first-order chi connectivity index (χ1) is 9.34. The number of amides is 1. The third kappa shape index (κ3) is 2.71. The van der Waals surface area contributed by atoms with Crippen LogP contribution in [-0.4, -0.2) is 42.0 Å². The maximum absolute atomic E-state index is 12.4. The molecule has 0 unspecified atom stereocenters. The first kappa shape index (κ1) is 12.4. The molecule has 0 radical (unpaired) electrons. The Bertz CT molecular complexity index is 470. The predicted octanol–water partition coefficient (Wildman–Crippen LogP) is 1.65. The van der Waals surface area contributed by atoms with Crippen molar-refractivity contribution in [2.24, 2.45) is 0 Å². The summed E-state index contributed by atoms with van der Waals surface area (Å²) >= 11 is 0. The van der Waals surface area contributed by atoms with Crippen LogP contribution >= 0.6 is 0 Å². The van der Waals surface area contributed by atoms with Crippen molar-refractivity contribution in [3.63, 3.8) is 0 Å². The van der Waals surface area contributed by atoms with Crippen molar-refractivity contribution in [3.8, 4) is 0 Å². The van der Waals surface area contributed by atoms with E-state index in [1.807, 2.05) is 11.0 Å². The van der Waals surface area contributed by atoms with Crippen LogP contribution in [-0.2, 0) is 11.3 Å². The maximum Gasteiger partial charge on any atom is 0.255 e. The molecule has 1 fully saturated rings. The molecule has 0 aromatic carbocycles. The number of ether oxygens (including phenoxy) is 1. The summed E-state index contributed by atoms with van der Waals surface area (Å²) < 4.78 is 5.47. The lowest BCUT2D eigenvalue weighted by molar-refractivity contribution is 0.0723. The van der Waals surface area contributed by atoms with Gasteiger partial charge in [0, 0.05) is 31.4 Å². The van der Waals surface area contributed by atoms with Crippen LogP contribution in [0.4, 0.5) is 5.82 Å². The fourth-order valence-electron chi connectivity index (χ4n) is 2.60. The highest BCUT2D eigenvalue weighted by atomic mass is 16.5.